The van der Waals surface area contributed by atoms with Gasteiger partial charge in [-0.1, -0.05) is 96.5 Å². The number of carbonyl (C=O) groups excluding carboxylic acids is 8. The predicted molar refractivity (Wildman–Crippen MR) is 301 cm³/mol. The van der Waals surface area contributed by atoms with Gasteiger partial charge in [-0.25, -0.2) is 0 Å². The fraction of sp³-hybridized carbons (Fsp3) is 0.655. The molecule has 6 unspecified atom stereocenters. The van der Waals surface area contributed by atoms with Gasteiger partial charge >= 0.3 is 0 Å². The van der Waals surface area contributed by atoms with Crippen LogP contribution in [-0.2, 0) is 51.2 Å². The first-order chi connectivity index (χ1) is 35.5. The quantitative estimate of drug-likeness (QED) is 0.105. The van der Waals surface area contributed by atoms with E-state index in [0.717, 1.165) is 49.7 Å². The van der Waals surface area contributed by atoms with Crippen molar-refractivity contribution in [2.75, 3.05) is 20.6 Å². The normalized spacial score (nSPS) is 26.4. The summed E-state index contributed by atoms with van der Waals surface area (Å²) in [6.45, 7) is 14.7. The van der Waals surface area contributed by atoms with Gasteiger partial charge in [-0.2, -0.15) is 0 Å². The first-order valence-electron chi connectivity index (χ1n) is 27.7. The average molecular weight is 1110 g/mol. The van der Waals surface area contributed by atoms with Gasteiger partial charge in [0.2, 0.25) is 41.4 Å². The number of benzene rings is 2. The lowest BCUT2D eigenvalue weighted by Gasteiger charge is -2.36. The van der Waals surface area contributed by atoms with E-state index in [1.165, 1.54) is 16.0 Å². The Hall–Kier alpha value is -5.10. The number of rotatable bonds is 17. The summed E-state index contributed by atoms with van der Waals surface area (Å²) in [7, 11) is 3.33. The van der Waals surface area contributed by atoms with Crippen LogP contribution in [0.1, 0.15) is 154 Å². The number of nitrogens with one attached hydrogen (secondary N) is 8. The summed E-state index contributed by atoms with van der Waals surface area (Å²) >= 11 is 0. The van der Waals surface area contributed by atoms with Crippen molar-refractivity contribution in [1.82, 2.24) is 47.4 Å². The maximum atomic E-state index is 14.8. The highest BCUT2D eigenvalue weighted by atomic mass is 35.5. The van der Waals surface area contributed by atoms with Crippen LogP contribution in [0.2, 0.25) is 0 Å². The zero-order valence-electron chi connectivity index (χ0n) is 46.8. The van der Waals surface area contributed by atoms with Crippen LogP contribution in [0.4, 0.5) is 0 Å². The van der Waals surface area contributed by atoms with Gasteiger partial charge in [-0.15, -0.1) is 24.8 Å². The molecule has 0 bridgehead atoms. The molecule has 1 saturated heterocycles. The first kappa shape index (κ1) is 62.7. The van der Waals surface area contributed by atoms with E-state index in [2.05, 4.69) is 54.7 Å². The predicted octanol–water partition coefficient (Wildman–Crippen LogP) is 5.08. The zero-order valence-corrected chi connectivity index (χ0v) is 48.5. The number of aryl methyl sites for hydroxylation is 2. The molecule has 2 aromatic rings. The number of Topliss-reactive ketones (excluding diaryl/α,β-unsaturated/α-hetero) is 1. The molecule has 7 amide bonds. The van der Waals surface area contributed by atoms with E-state index >= 15 is 0 Å². The van der Waals surface area contributed by atoms with E-state index in [0.29, 0.717) is 19.3 Å². The Morgan fingerprint density at radius 1 is 0.519 bits per heavy atom. The SMILES string of the molecule is CN[C@@H](C)C(=O)NC(C(=O)C1C[C@@H](NC(=O)C2CCCC2C(=O)N[C@H]2CC(C(=O)N[C@@H]3CCCc4ccccc43)N(C(=O)[C@@H](NC(=O)[C@H](C)NC)C(C)(C)C)C2)CC1C(=O)N[C@@H]1CCCc2ccccc21)C(C)(C)C.Cl.Cl. The molecule has 5 aliphatic rings. The molecule has 1 heterocycles. The number of likely N-dealkylation sites (N-methyl/N-ethyl adjacent to an activating group) is 2. The number of halogens is 2. The summed E-state index contributed by atoms with van der Waals surface area (Å²) in [6.07, 6.45) is 7.17. The molecule has 0 spiro atoms. The molecule has 13 atom stereocenters. The van der Waals surface area contributed by atoms with Crippen molar-refractivity contribution < 1.29 is 38.4 Å². The second kappa shape index (κ2) is 26.7. The van der Waals surface area contributed by atoms with E-state index < -0.39 is 82.7 Å². The molecule has 426 valence electrons. The van der Waals surface area contributed by atoms with Gasteiger partial charge in [0.15, 0.2) is 5.78 Å². The molecule has 4 aliphatic carbocycles. The maximum Gasteiger partial charge on any atom is 0.246 e. The molecule has 19 heteroatoms. The Bertz CT molecular complexity index is 2300. The van der Waals surface area contributed by atoms with Crippen LogP contribution < -0.4 is 42.5 Å². The zero-order chi connectivity index (χ0) is 54.5. The minimum atomic E-state index is -0.982. The number of amides is 7. The molecule has 2 saturated carbocycles. The Kier molecular flexibility index (Phi) is 21.8. The first-order valence-corrected chi connectivity index (χ1v) is 27.7. The Morgan fingerprint density at radius 3 is 1.45 bits per heavy atom. The highest BCUT2D eigenvalue weighted by molar-refractivity contribution is 5.97. The van der Waals surface area contributed by atoms with Crippen LogP contribution >= 0.6 is 24.8 Å². The van der Waals surface area contributed by atoms with Crippen LogP contribution in [0, 0.1) is 34.5 Å². The van der Waals surface area contributed by atoms with Crippen molar-refractivity contribution >= 4 is 71.9 Å². The van der Waals surface area contributed by atoms with Gasteiger partial charge in [0, 0.05) is 42.3 Å². The van der Waals surface area contributed by atoms with Gasteiger partial charge < -0.3 is 47.4 Å². The third-order valence-corrected chi connectivity index (χ3v) is 16.9. The lowest BCUT2D eigenvalue weighted by molar-refractivity contribution is -0.144. The van der Waals surface area contributed by atoms with Crippen LogP contribution in [0.5, 0.6) is 0 Å². The van der Waals surface area contributed by atoms with Crippen LogP contribution in [0.3, 0.4) is 0 Å². The second-order valence-corrected chi connectivity index (χ2v) is 24.3. The number of carbonyl (C=O) groups is 8. The van der Waals surface area contributed by atoms with Crippen molar-refractivity contribution in [3.8, 4) is 0 Å². The fourth-order valence-electron chi connectivity index (χ4n) is 12.3. The number of fused-ring (bicyclic) bond motifs is 2. The summed E-state index contributed by atoms with van der Waals surface area (Å²) in [5.74, 6) is -5.67. The van der Waals surface area contributed by atoms with Gasteiger partial charge in [0.25, 0.3) is 0 Å². The number of hydrogen-bond donors (Lipinski definition) is 8. The summed E-state index contributed by atoms with van der Waals surface area (Å²) in [4.78, 5) is 116. The Morgan fingerprint density at radius 2 is 0.961 bits per heavy atom. The summed E-state index contributed by atoms with van der Waals surface area (Å²) in [5.41, 5.74) is 3.04. The maximum absolute atomic E-state index is 14.8. The largest absolute Gasteiger partial charge is 0.353 e. The Labute approximate surface area is 468 Å². The van der Waals surface area contributed by atoms with Crippen molar-refractivity contribution in [2.24, 2.45) is 34.5 Å². The molecule has 0 aromatic heterocycles. The molecule has 3 fully saturated rings. The molecule has 0 radical (unpaired) electrons. The lowest BCUT2D eigenvalue weighted by Crippen LogP contribution is -2.59. The summed E-state index contributed by atoms with van der Waals surface area (Å²) in [6, 6.07) is 10.5. The van der Waals surface area contributed by atoms with Crippen molar-refractivity contribution in [3.63, 3.8) is 0 Å². The smallest absolute Gasteiger partial charge is 0.246 e. The molecule has 1 aliphatic heterocycles. The number of hydrogen-bond acceptors (Lipinski definition) is 10. The molecule has 77 heavy (non-hydrogen) atoms. The molecular formula is C58H87Cl2N9O8. The summed E-state index contributed by atoms with van der Waals surface area (Å²) < 4.78 is 0. The fourth-order valence-corrected chi connectivity index (χ4v) is 12.3. The standard InChI is InChI=1S/C58H85N9O8.2ClH/c1-32(59-9)50(69)65-48(57(3,4)5)47(68)42-28-36(29-43(42)54(73)63-44-26-15-20-34-18-11-13-22-38(34)44)61-52(71)40-24-17-25-41(40)53(72)62-37-30-46(55(74)64-45-27-16-21-35-19-12-14-23-39(35)45)67(31-37)56(75)49(58(6,7)8)66-51(70)33(2)60-10;;/h11-14,18-19,22-23,32-33,36-37,40-46,48-49,59-60H,15-17,20-21,24-31H2,1-10H3,(H,61,71)(H,62,72)(H,63,73)(H,64,74)(H,65,69)(H,66,70);2*1H/t32-,33-,36+,37-,40?,41?,42?,43?,44+,45+,46?,48?,49+;;/m0../s1. The van der Waals surface area contributed by atoms with Crippen molar-refractivity contribution in [1.29, 1.82) is 0 Å². The topological polar surface area (TPSA) is 236 Å². The third-order valence-electron chi connectivity index (χ3n) is 16.9. The molecule has 17 nitrogen and oxygen atoms in total. The van der Waals surface area contributed by atoms with Crippen molar-refractivity contribution in [3.05, 3.63) is 70.8 Å². The van der Waals surface area contributed by atoms with Crippen LogP contribution in [0.15, 0.2) is 48.5 Å². The minimum absolute atomic E-state index is 0. The molecular weight excluding hydrogens is 1020 g/mol. The van der Waals surface area contributed by atoms with Gasteiger partial charge in [-0.05, 0) is 132 Å². The van der Waals surface area contributed by atoms with Crippen molar-refractivity contribution in [2.45, 2.75) is 187 Å². The molecule has 8 N–H and O–H groups in total. The highest BCUT2D eigenvalue weighted by Gasteiger charge is 2.51. The van der Waals surface area contributed by atoms with E-state index in [4.69, 9.17) is 0 Å². The number of likely N-dealkylation sites (tertiary alicyclic amines) is 1. The van der Waals surface area contributed by atoms with E-state index in [-0.39, 0.29) is 104 Å². The molecule has 7 rings (SSSR count). The third kappa shape index (κ3) is 14.8. The van der Waals surface area contributed by atoms with Gasteiger partial charge in [0.1, 0.15) is 12.1 Å². The Balaban J connectivity index is 0.00000547. The monoisotopic (exact) mass is 1110 g/mol. The van der Waals surface area contributed by atoms with Crippen LogP contribution in [-0.4, -0.2) is 115 Å². The number of ketones is 1. The molecule has 2 aromatic carbocycles. The average Bonchev–Trinajstić information content (AvgIpc) is 4.16. The lowest BCUT2D eigenvalue weighted by atomic mass is 9.77. The second-order valence-electron chi connectivity index (χ2n) is 24.3. The van der Waals surface area contributed by atoms with E-state index in [1.54, 1.807) is 27.9 Å². The van der Waals surface area contributed by atoms with E-state index in [1.807, 2.05) is 77.9 Å². The highest BCUT2D eigenvalue weighted by Crippen LogP contribution is 2.40. The van der Waals surface area contributed by atoms with Gasteiger partial charge in [-0.3, -0.25) is 38.4 Å². The van der Waals surface area contributed by atoms with Gasteiger partial charge in [0.05, 0.1) is 30.2 Å². The van der Waals surface area contributed by atoms with E-state index in [9.17, 15) is 38.4 Å². The van der Waals surface area contributed by atoms with Crippen LogP contribution in [0.25, 0.3) is 0 Å². The number of nitrogens with zero attached hydrogens (tertiary/aromatic N) is 1. The minimum Gasteiger partial charge on any atom is -0.353 e. The summed E-state index contributed by atoms with van der Waals surface area (Å²) in [5, 5.41) is 24.6.